The average molecular weight is 623 g/mol. The van der Waals surface area contributed by atoms with Crippen molar-refractivity contribution in [1.29, 1.82) is 0 Å². The van der Waals surface area contributed by atoms with Crippen LogP contribution >= 0.6 is 6.36 Å². The van der Waals surface area contributed by atoms with Gasteiger partial charge >= 0.3 is 9.91 Å². The maximum atomic E-state index is 5.18. The van der Waals surface area contributed by atoms with Gasteiger partial charge in [0.05, 0.1) is 10.6 Å². The molecule has 0 aliphatic rings. The van der Waals surface area contributed by atoms with E-state index in [1.807, 2.05) is 0 Å². The molecule has 0 spiro atoms. The normalized spacial score (nSPS) is 13.6. The second-order valence-corrected chi connectivity index (χ2v) is 31.2. The van der Waals surface area contributed by atoms with Gasteiger partial charge in [0.2, 0.25) is 7.74 Å². The summed E-state index contributed by atoms with van der Waals surface area (Å²) in [6.45, 7) is 44.5. The maximum Gasteiger partial charge on any atom is 0.324 e. The zero-order chi connectivity index (χ0) is 32.6. The van der Waals surface area contributed by atoms with Crippen molar-refractivity contribution in [3.05, 3.63) is 57.6 Å². The van der Waals surface area contributed by atoms with Crippen LogP contribution < -0.4 is 10.6 Å². The molecule has 0 unspecified atom stereocenters. The van der Waals surface area contributed by atoms with Gasteiger partial charge in [-0.1, -0.05) is 149 Å². The summed E-state index contributed by atoms with van der Waals surface area (Å²) in [6.07, 6.45) is -2.11. The summed E-state index contributed by atoms with van der Waals surface area (Å²) in [7, 11) is 3.05. The third-order valence-corrected chi connectivity index (χ3v) is 33.6. The van der Waals surface area contributed by atoms with Crippen LogP contribution in [-0.4, -0.2) is 17.7 Å². The fourth-order valence-electron chi connectivity index (χ4n) is 8.27. The standard InChI is InChI=1S/C39H67PSi2/c1-23(2)32-19-34(25(5)6)38(35(20-32)26(7)8)40(41,42(29(13)14,30(15)16)31(17)18)39-36(27(9)10)21-33(24(3)4)22-37(39)28(11)12/h19-31H,1-18H3/q+1. The molecule has 2 aromatic carbocycles. The Bertz CT molecular complexity index is 1040. The monoisotopic (exact) mass is 622 g/mol. The van der Waals surface area contributed by atoms with Crippen molar-refractivity contribution in [3.63, 3.8) is 0 Å². The second kappa shape index (κ2) is 14.2. The molecule has 42 heavy (non-hydrogen) atoms. The van der Waals surface area contributed by atoms with Crippen molar-refractivity contribution in [2.24, 2.45) is 0 Å². The van der Waals surface area contributed by atoms with E-state index in [0.29, 0.717) is 52.1 Å². The molecule has 0 bridgehead atoms. The third-order valence-electron chi connectivity index (χ3n) is 10.2. The lowest BCUT2D eigenvalue weighted by molar-refractivity contribution is 0.809. The fourth-order valence-corrected chi connectivity index (χ4v) is 37.8. The summed E-state index contributed by atoms with van der Waals surface area (Å²) in [5.41, 5.74) is 11.3. The fraction of sp³-hybridized carbons (Fsp3) is 0.692. The molecule has 0 atom stereocenters. The first-order valence-electron chi connectivity index (χ1n) is 17.2. The van der Waals surface area contributed by atoms with Crippen molar-refractivity contribution in [3.8, 4) is 0 Å². The molecule has 0 aliphatic carbocycles. The van der Waals surface area contributed by atoms with E-state index in [9.17, 15) is 0 Å². The maximum absolute atomic E-state index is 5.18. The number of rotatable bonds is 12. The van der Waals surface area contributed by atoms with Crippen molar-refractivity contribution in [2.45, 2.75) is 177 Å². The topological polar surface area (TPSA) is 0 Å². The lowest BCUT2D eigenvalue weighted by atomic mass is 9.89. The molecule has 0 saturated heterocycles. The molecule has 0 amide bonds. The lowest BCUT2D eigenvalue weighted by Crippen LogP contribution is -2.56. The molecule has 0 nitrogen and oxygen atoms in total. The molecule has 3 heteroatoms. The quantitative estimate of drug-likeness (QED) is 0.163. The SMILES string of the molecule is CC(C)c1cc(C(C)C)c([P+]([Si])(c2c(C(C)C)cc(C(C)C)cc2C(C)C)[Si](C(C)C)(C(C)C)C(C)C)c(C(C)C)c1. The van der Waals surface area contributed by atoms with Gasteiger partial charge in [-0.3, -0.25) is 0 Å². The van der Waals surface area contributed by atoms with E-state index in [4.69, 9.17) is 9.91 Å². The highest BCUT2D eigenvalue weighted by Gasteiger charge is 2.67. The summed E-state index contributed by atoms with van der Waals surface area (Å²) in [5.74, 6) is 2.88. The molecule has 2 rings (SSSR count). The van der Waals surface area contributed by atoms with Gasteiger partial charge in [0.15, 0.2) is 0 Å². The zero-order valence-corrected chi connectivity index (χ0v) is 33.8. The van der Waals surface area contributed by atoms with Crippen LogP contribution in [0.3, 0.4) is 0 Å². The minimum Gasteiger partial charge on any atom is -0.0618 e. The number of hydrogen-bond donors (Lipinski definition) is 0. The molecule has 2 aromatic rings. The Labute approximate surface area is 268 Å². The highest BCUT2D eigenvalue weighted by molar-refractivity contribution is 8.32. The van der Waals surface area contributed by atoms with Gasteiger partial charge in [0, 0.05) is 6.36 Å². The molecule has 0 heterocycles. The summed E-state index contributed by atoms with van der Waals surface area (Å²) in [4.78, 5) is 0. The number of benzene rings is 2. The second-order valence-electron chi connectivity index (χ2n) is 16.0. The Balaban J connectivity index is 3.59. The van der Waals surface area contributed by atoms with Crippen LogP contribution in [0.4, 0.5) is 0 Å². The third kappa shape index (κ3) is 6.48. The first-order valence-corrected chi connectivity index (χ1v) is 23.4. The minimum absolute atomic E-state index is 0.463. The van der Waals surface area contributed by atoms with E-state index in [-0.39, 0.29) is 0 Å². The van der Waals surface area contributed by atoms with Crippen molar-refractivity contribution < 1.29 is 0 Å². The molecule has 0 N–H and O–H groups in total. The van der Waals surface area contributed by atoms with Gasteiger partial charge in [-0.15, -0.1) is 0 Å². The molecule has 235 valence electrons. The van der Waals surface area contributed by atoms with Crippen LogP contribution in [0.2, 0.25) is 16.6 Å². The highest BCUT2D eigenvalue weighted by Crippen LogP contribution is 2.74. The van der Waals surface area contributed by atoms with Crippen LogP contribution in [0.15, 0.2) is 24.3 Å². The van der Waals surface area contributed by atoms with Gasteiger partial charge in [0.25, 0.3) is 0 Å². The van der Waals surface area contributed by atoms with Crippen LogP contribution in [0.1, 0.15) is 194 Å². The first-order chi connectivity index (χ1) is 19.2. The van der Waals surface area contributed by atoms with Crippen LogP contribution in [-0.2, 0) is 0 Å². The van der Waals surface area contributed by atoms with Crippen molar-refractivity contribution in [2.75, 3.05) is 0 Å². The lowest BCUT2D eigenvalue weighted by Gasteiger charge is -2.52. The average Bonchev–Trinajstić information content (AvgIpc) is 2.85. The van der Waals surface area contributed by atoms with Crippen LogP contribution in [0.5, 0.6) is 0 Å². The van der Waals surface area contributed by atoms with Crippen LogP contribution in [0, 0.1) is 0 Å². The Hall–Kier alpha value is -0.696. The summed E-state index contributed by atoms with van der Waals surface area (Å²) in [5, 5.41) is 3.44. The van der Waals surface area contributed by atoms with E-state index in [1.54, 1.807) is 32.9 Å². The predicted octanol–water partition coefficient (Wildman–Crippen LogP) is 12.7. The summed E-state index contributed by atoms with van der Waals surface area (Å²) < 4.78 is 0. The molecule has 3 radical (unpaired) electrons. The van der Waals surface area contributed by atoms with Gasteiger partial charge in [0.1, 0.15) is 0 Å². The molecule has 0 fully saturated rings. The molecule has 0 aliphatic heterocycles. The predicted molar refractivity (Wildman–Crippen MR) is 200 cm³/mol. The smallest absolute Gasteiger partial charge is 0.0618 e. The largest absolute Gasteiger partial charge is 0.324 e. The molecule has 0 saturated carbocycles. The molecular formula is C39H67PSi2+. The van der Waals surface area contributed by atoms with Crippen molar-refractivity contribution >= 4 is 34.6 Å². The van der Waals surface area contributed by atoms with E-state index < -0.39 is 14.1 Å². The Morgan fingerprint density at radius 1 is 0.405 bits per heavy atom. The van der Waals surface area contributed by atoms with E-state index in [0.717, 1.165) is 0 Å². The van der Waals surface area contributed by atoms with Crippen LogP contribution in [0.25, 0.3) is 0 Å². The zero-order valence-electron chi connectivity index (χ0n) is 31.0. The Kier molecular flexibility index (Phi) is 12.6. The Morgan fingerprint density at radius 3 is 0.762 bits per heavy atom. The van der Waals surface area contributed by atoms with E-state index in [2.05, 4.69) is 149 Å². The van der Waals surface area contributed by atoms with Gasteiger partial charge in [-0.25, -0.2) is 0 Å². The summed E-state index contributed by atoms with van der Waals surface area (Å²) in [6, 6.07) is 10.5. The van der Waals surface area contributed by atoms with Gasteiger partial charge in [-0.2, -0.15) is 0 Å². The molecular weight excluding hydrogens is 556 g/mol. The molecule has 0 aromatic heterocycles. The van der Waals surface area contributed by atoms with Crippen molar-refractivity contribution in [1.82, 2.24) is 0 Å². The van der Waals surface area contributed by atoms with E-state index in [1.165, 1.54) is 11.1 Å². The Morgan fingerprint density at radius 2 is 0.619 bits per heavy atom. The first kappa shape index (κ1) is 37.5. The van der Waals surface area contributed by atoms with Gasteiger partial charge in [-0.05, 0) is 85.5 Å². The summed E-state index contributed by atoms with van der Waals surface area (Å²) >= 11 is 0. The minimum atomic E-state index is -2.14. The number of hydrogen-bond acceptors (Lipinski definition) is 0. The van der Waals surface area contributed by atoms with Gasteiger partial charge < -0.3 is 0 Å². The van der Waals surface area contributed by atoms with E-state index >= 15 is 0 Å². The highest BCUT2D eigenvalue weighted by atomic mass is 31.7.